The predicted octanol–water partition coefficient (Wildman–Crippen LogP) is 3.25. The first-order chi connectivity index (χ1) is 10.7. The molecule has 2 aliphatic rings. The van der Waals surface area contributed by atoms with E-state index in [2.05, 4.69) is 13.0 Å². The second-order valence-electron chi connectivity index (χ2n) is 6.55. The van der Waals surface area contributed by atoms with Crippen molar-refractivity contribution in [3.63, 3.8) is 0 Å². The number of aliphatic imine (C=N–C) groups is 1. The third-order valence-corrected chi connectivity index (χ3v) is 4.83. The number of benzene rings is 1. The fourth-order valence-electron chi connectivity index (χ4n) is 2.96. The van der Waals surface area contributed by atoms with Crippen molar-refractivity contribution in [2.45, 2.75) is 38.6 Å². The molecule has 4 nitrogen and oxygen atoms in total. The molecule has 1 aromatic carbocycles. The first-order valence-electron chi connectivity index (χ1n) is 8.02. The largest absolute Gasteiger partial charge is 0.493 e. The summed E-state index contributed by atoms with van der Waals surface area (Å²) in [4.78, 5) is 4.76. The van der Waals surface area contributed by atoms with Crippen molar-refractivity contribution >= 4 is 6.21 Å². The van der Waals surface area contributed by atoms with Gasteiger partial charge in [0.15, 0.2) is 11.5 Å². The first-order valence-corrected chi connectivity index (χ1v) is 8.02. The van der Waals surface area contributed by atoms with Gasteiger partial charge in [0.05, 0.1) is 19.8 Å². The topological polar surface area (TPSA) is 40.0 Å². The van der Waals surface area contributed by atoms with Crippen LogP contribution in [0.1, 0.15) is 37.3 Å². The molecule has 1 heterocycles. The molecule has 1 fully saturated rings. The highest BCUT2D eigenvalue weighted by Crippen LogP contribution is 2.51. The van der Waals surface area contributed by atoms with Crippen LogP contribution in [0.15, 0.2) is 17.1 Å². The molecule has 0 N–H and O–H groups in total. The van der Waals surface area contributed by atoms with E-state index in [4.69, 9.17) is 19.2 Å². The number of hydrogen-bond donors (Lipinski definition) is 0. The van der Waals surface area contributed by atoms with E-state index in [0.29, 0.717) is 24.7 Å². The van der Waals surface area contributed by atoms with Crippen LogP contribution in [0.4, 0.5) is 0 Å². The maximum Gasteiger partial charge on any atom is 0.161 e. The zero-order chi connectivity index (χ0) is 15.6. The molecule has 1 unspecified atom stereocenters. The molecule has 0 spiro atoms. The van der Waals surface area contributed by atoms with Crippen molar-refractivity contribution in [3.8, 4) is 11.5 Å². The monoisotopic (exact) mass is 303 g/mol. The fraction of sp³-hybridized carbons (Fsp3) is 0.611. The zero-order valence-corrected chi connectivity index (χ0v) is 13.7. The van der Waals surface area contributed by atoms with Crippen LogP contribution in [0.2, 0.25) is 0 Å². The Morgan fingerprint density at radius 1 is 1.18 bits per heavy atom. The van der Waals surface area contributed by atoms with E-state index in [1.165, 1.54) is 18.4 Å². The predicted molar refractivity (Wildman–Crippen MR) is 87.4 cm³/mol. The van der Waals surface area contributed by atoms with E-state index >= 15 is 0 Å². The van der Waals surface area contributed by atoms with Crippen molar-refractivity contribution in [2.75, 3.05) is 27.4 Å². The van der Waals surface area contributed by atoms with Gasteiger partial charge in [-0.2, -0.15) is 0 Å². The van der Waals surface area contributed by atoms with Gasteiger partial charge in [-0.05, 0) is 47.9 Å². The molecule has 3 rings (SSSR count). The van der Waals surface area contributed by atoms with E-state index < -0.39 is 0 Å². The van der Waals surface area contributed by atoms with E-state index in [1.54, 1.807) is 14.2 Å². The molecule has 1 saturated carbocycles. The van der Waals surface area contributed by atoms with Crippen LogP contribution in [0.3, 0.4) is 0 Å². The summed E-state index contributed by atoms with van der Waals surface area (Å²) in [5.74, 6) is 1.60. The van der Waals surface area contributed by atoms with Crippen LogP contribution in [0.25, 0.3) is 0 Å². The summed E-state index contributed by atoms with van der Waals surface area (Å²) >= 11 is 0. The Labute approximate surface area is 132 Å². The summed E-state index contributed by atoms with van der Waals surface area (Å²) in [5, 5.41) is 0. The highest BCUT2D eigenvalue weighted by molar-refractivity contribution is 5.84. The van der Waals surface area contributed by atoms with Crippen molar-refractivity contribution in [1.29, 1.82) is 0 Å². The molecule has 1 aliphatic carbocycles. The number of hydrogen-bond acceptors (Lipinski definition) is 4. The van der Waals surface area contributed by atoms with Crippen LogP contribution in [-0.2, 0) is 11.2 Å². The molecule has 120 valence electrons. The van der Waals surface area contributed by atoms with E-state index in [0.717, 1.165) is 29.9 Å². The van der Waals surface area contributed by atoms with Gasteiger partial charge in [0.1, 0.15) is 0 Å². The molecule has 0 radical (unpaired) electrons. The van der Waals surface area contributed by atoms with Gasteiger partial charge >= 0.3 is 0 Å². The summed E-state index contributed by atoms with van der Waals surface area (Å²) in [6.07, 6.45) is 6.46. The van der Waals surface area contributed by atoms with Gasteiger partial charge in [0.2, 0.25) is 0 Å². The molecule has 0 bridgehead atoms. The molecule has 4 heteroatoms. The number of methoxy groups -OCH3 is 2. The number of rotatable bonds is 7. The third-order valence-electron chi connectivity index (χ3n) is 4.83. The normalized spacial score (nSPS) is 21.3. The van der Waals surface area contributed by atoms with Gasteiger partial charge in [-0.3, -0.25) is 4.99 Å². The molecule has 22 heavy (non-hydrogen) atoms. The maximum absolute atomic E-state index is 5.88. The van der Waals surface area contributed by atoms with Crippen LogP contribution in [0.5, 0.6) is 11.5 Å². The Balaban J connectivity index is 1.76. The SMILES string of the molecule is COCCCOc1cc2c(cc1OC)C=NC(C1(C)CC1)C2. The average Bonchev–Trinajstić information content (AvgIpc) is 3.29. The Morgan fingerprint density at radius 3 is 2.68 bits per heavy atom. The first kappa shape index (κ1) is 15.3. The van der Waals surface area contributed by atoms with Crippen LogP contribution in [0, 0.1) is 5.41 Å². The van der Waals surface area contributed by atoms with Gasteiger partial charge in [-0.1, -0.05) is 6.92 Å². The smallest absolute Gasteiger partial charge is 0.161 e. The fourth-order valence-corrected chi connectivity index (χ4v) is 2.96. The Kier molecular flexibility index (Phi) is 4.39. The van der Waals surface area contributed by atoms with Crippen molar-refractivity contribution in [1.82, 2.24) is 0 Å². The third kappa shape index (κ3) is 3.12. The lowest BCUT2D eigenvalue weighted by atomic mass is 9.88. The second kappa shape index (κ2) is 6.29. The van der Waals surface area contributed by atoms with E-state index in [9.17, 15) is 0 Å². The van der Waals surface area contributed by atoms with E-state index in [-0.39, 0.29) is 0 Å². The molecular formula is C18H25NO3. The summed E-state index contributed by atoms with van der Waals surface area (Å²) in [5.41, 5.74) is 2.88. The summed E-state index contributed by atoms with van der Waals surface area (Å²) in [7, 11) is 3.38. The Hall–Kier alpha value is -1.55. The van der Waals surface area contributed by atoms with Crippen LogP contribution < -0.4 is 9.47 Å². The molecular weight excluding hydrogens is 278 g/mol. The Morgan fingerprint density at radius 2 is 2.00 bits per heavy atom. The highest BCUT2D eigenvalue weighted by atomic mass is 16.5. The maximum atomic E-state index is 5.88. The standard InChI is InChI=1S/C18H25NO3/c1-18(5-6-18)17-11-13-9-16(22-8-4-7-20-2)15(21-3)10-14(13)12-19-17/h9-10,12,17H,4-8,11H2,1-3H3. The molecule has 0 aromatic heterocycles. The van der Waals surface area contributed by atoms with Crippen LogP contribution >= 0.6 is 0 Å². The second-order valence-corrected chi connectivity index (χ2v) is 6.55. The molecule has 1 atom stereocenters. The van der Waals surface area contributed by atoms with Crippen molar-refractivity contribution in [3.05, 3.63) is 23.3 Å². The molecule has 1 aliphatic heterocycles. The van der Waals surface area contributed by atoms with E-state index in [1.807, 2.05) is 12.3 Å². The van der Waals surface area contributed by atoms with Gasteiger partial charge in [-0.15, -0.1) is 0 Å². The minimum Gasteiger partial charge on any atom is -0.493 e. The quantitative estimate of drug-likeness (QED) is 0.726. The average molecular weight is 303 g/mol. The number of nitrogens with zero attached hydrogens (tertiary/aromatic N) is 1. The van der Waals surface area contributed by atoms with Crippen LogP contribution in [-0.4, -0.2) is 39.7 Å². The summed E-state index contributed by atoms with van der Waals surface area (Å²) in [6, 6.07) is 4.58. The van der Waals surface area contributed by atoms with Crippen molar-refractivity contribution < 1.29 is 14.2 Å². The molecule has 1 aromatic rings. The van der Waals surface area contributed by atoms with Gasteiger partial charge in [0, 0.05) is 26.4 Å². The Bertz CT molecular complexity index is 564. The highest BCUT2D eigenvalue weighted by Gasteiger charge is 2.45. The summed E-state index contributed by atoms with van der Waals surface area (Å²) < 4.78 is 16.4. The minimum absolute atomic E-state index is 0.410. The van der Waals surface area contributed by atoms with Gasteiger partial charge < -0.3 is 14.2 Å². The van der Waals surface area contributed by atoms with Gasteiger partial charge in [-0.25, -0.2) is 0 Å². The minimum atomic E-state index is 0.410. The molecule has 0 saturated heterocycles. The molecule has 0 amide bonds. The number of fused-ring (bicyclic) bond motifs is 1. The van der Waals surface area contributed by atoms with Crippen molar-refractivity contribution in [2.24, 2.45) is 10.4 Å². The van der Waals surface area contributed by atoms with Gasteiger partial charge in [0.25, 0.3) is 0 Å². The lowest BCUT2D eigenvalue weighted by Gasteiger charge is -2.25. The lowest BCUT2D eigenvalue weighted by molar-refractivity contribution is 0.170. The zero-order valence-electron chi connectivity index (χ0n) is 13.7. The lowest BCUT2D eigenvalue weighted by Crippen LogP contribution is -2.24. The number of ether oxygens (including phenoxy) is 3. The summed E-state index contributed by atoms with van der Waals surface area (Å²) in [6.45, 7) is 3.68.